The first-order valence-electron chi connectivity index (χ1n) is 11.9. The van der Waals surface area contributed by atoms with E-state index in [1.54, 1.807) is 23.8 Å². The molecule has 2 aliphatic heterocycles. The summed E-state index contributed by atoms with van der Waals surface area (Å²) in [5.74, 6) is 0.237. The Hall–Kier alpha value is -3.00. The van der Waals surface area contributed by atoms with Crippen molar-refractivity contribution in [3.63, 3.8) is 0 Å². The second-order valence-electron chi connectivity index (χ2n) is 10.0. The summed E-state index contributed by atoms with van der Waals surface area (Å²) in [6.45, 7) is 8.32. The van der Waals surface area contributed by atoms with Crippen molar-refractivity contribution in [2.45, 2.75) is 62.9 Å². The van der Waals surface area contributed by atoms with Crippen molar-refractivity contribution in [2.75, 3.05) is 7.11 Å². The second kappa shape index (κ2) is 9.93. The number of fused-ring (bicyclic) bond motifs is 3. The molecular weight excluding hydrogens is 462 g/mol. The number of carbonyl (C=O) groups excluding carboxylic acids is 3. The molecule has 4 rings (SSSR count). The van der Waals surface area contributed by atoms with E-state index in [0.717, 1.165) is 16.9 Å². The number of methoxy groups -OCH3 is 1. The third-order valence-corrected chi connectivity index (χ3v) is 8.02. The standard InChI is InChI=1S/C27H33N3O4S/c1-16(2)13-21(23(31)28-15-17-9-8-10-18(14-17)34-5)29-24(32)22-27(3,4)35-26-20-12-7-6-11-19(20)25(33)30(22)26/h6-12,14,16,21-22,26H,13,15H2,1-5H3,(H,28,31)(H,29,32)/t21-,22+,26?/m1/s1. The van der Waals surface area contributed by atoms with Gasteiger partial charge in [0.2, 0.25) is 11.8 Å². The number of amides is 3. The van der Waals surface area contributed by atoms with E-state index in [4.69, 9.17) is 4.74 Å². The van der Waals surface area contributed by atoms with Crippen LogP contribution >= 0.6 is 11.8 Å². The molecule has 3 atom stereocenters. The first-order valence-corrected chi connectivity index (χ1v) is 12.8. The monoisotopic (exact) mass is 495 g/mol. The zero-order valence-electron chi connectivity index (χ0n) is 20.8. The maximum atomic E-state index is 13.6. The van der Waals surface area contributed by atoms with Crippen LogP contribution in [0.1, 0.15) is 61.0 Å². The Morgan fingerprint density at radius 1 is 1.14 bits per heavy atom. The minimum atomic E-state index is -0.701. The van der Waals surface area contributed by atoms with E-state index >= 15 is 0 Å². The average Bonchev–Trinajstić information content (AvgIpc) is 3.25. The zero-order chi connectivity index (χ0) is 25.3. The van der Waals surface area contributed by atoms with Crippen molar-refractivity contribution in [1.29, 1.82) is 0 Å². The molecule has 0 radical (unpaired) electrons. The fourth-order valence-electron chi connectivity index (χ4n) is 4.85. The molecule has 1 saturated heterocycles. The van der Waals surface area contributed by atoms with Gasteiger partial charge in [-0.25, -0.2) is 0 Å². The fourth-order valence-corrected chi connectivity index (χ4v) is 6.44. The minimum Gasteiger partial charge on any atom is -0.497 e. The average molecular weight is 496 g/mol. The van der Waals surface area contributed by atoms with Crippen LogP contribution in [0.15, 0.2) is 48.5 Å². The number of carbonyl (C=O) groups is 3. The molecule has 0 spiro atoms. The van der Waals surface area contributed by atoms with Crippen LogP contribution in [0.5, 0.6) is 5.75 Å². The number of nitrogens with one attached hydrogen (secondary N) is 2. The van der Waals surface area contributed by atoms with Crippen LogP contribution in [0.3, 0.4) is 0 Å². The van der Waals surface area contributed by atoms with Gasteiger partial charge in [0, 0.05) is 16.9 Å². The lowest BCUT2D eigenvalue weighted by atomic mass is 9.98. The number of benzene rings is 2. The highest BCUT2D eigenvalue weighted by atomic mass is 32.2. The van der Waals surface area contributed by atoms with Crippen LogP contribution in [-0.4, -0.2) is 46.6 Å². The van der Waals surface area contributed by atoms with Gasteiger partial charge >= 0.3 is 0 Å². The van der Waals surface area contributed by atoms with Gasteiger partial charge in [0.1, 0.15) is 23.2 Å². The Morgan fingerprint density at radius 2 is 1.89 bits per heavy atom. The number of nitrogens with zero attached hydrogens (tertiary/aromatic N) is 1. The molecule has 8 heteroatoms. The van der Waals surface area contributed by atoms with Crippen LogP contribution in [0, 0.1) is 5.92 Å². The van der Waals surface area contributed by atoms with E-state index in [1.807, 2.05) is 76.2 Å². The summed E-state index contributed by atoms with van der Waals surface area (Å²) in [4.78, 5) is 41.7. The largest absolute Gasteiger partial charge is 0.497 e. The summed E-state index contributed by atoms with van der Waals surface area (Å²) in [5, 5.41) is 5.73. The van der Waals surface area contributed by atoms with E-state index < -0.39 is 16.8 Å². The summed E-state index contributed by atoms with van der Waals surface area (Å²) in [5.41, 5.74) is 2.50. The molecule has 2 aromatic carbocycles. The summed E-state index contributed by atoms with van der Waals surface area (Å²) < 4.78 is 4.75. The molecule has 2 aromatic rings. The predicted octanol–water partition coefficient (Wildman–Crippen LogP) is 3.89. The van der Waals surface area contributed by atoms with Gasteiger partial charge in [0.25, 0.3) is 5.91 Å². The lowest BCUT2D eigenvalue weighted by Gasteiger charge is -2.31. The Morgan fingerprint density at radius 3 is 2.60 bits per heavy atom. The molecule has 1 fully saturated rings. The van der Waals surface area contributed by atoms with Crippen molar-refractivity contribution in [3.05, 3.63) is 65.2 Å². The molecule has 0 aromatic heterocycles. The van der Waals surface area contributed by atoms with Gasteiger partial charge in [-0.3, -0.25) is 14.4 Å². The lowest BCUT2D eigenvalue weighted by molar-refractivity contribution is -0.132. The number of rotatable bonds is 8. The summed E-state index contributed by atoms with van der Waals surface area (Å²) >= 11 is 1.61. The summed E-state index contributed by atoms with van der Waals surface area (Å²) in [6.07, 6.45) is 0.494. The smallest absolute Gasteiger partial charge is 0.256 e. The highest BCUT2D eigenvalue weighted by Crippen LogP contribution is 2.56. The molecular formula is C27H33N3O4S. The highest BCUT2D eigenvalue weighted by Gasteiger charge is 2.57. The molecule has 3 amide bonds. The second-order valence-corrected chi connectivity index (χ2v) is 11.8. The van der Waals surface area contributed by atoms with Crippen LogP contribution in [0.2, 0.25) is 0 Å². The first-order chi connectivity index (χ1) is 16.6. The van der Waals surface area contributed by atoms with Gasteiger partial charge < -0.3 is 20.3 Å². The number of thioether (sulfide) groups is 1. The van der Waals surface area contributed by atoms with Crippen molar-refractivity contribution in [1.82, 2.24) is 15.5 Å². The minimum absolute atomic E-state index is 0.133. The van der Waals surface area contributed by atoms with E-state index in [1.165, 1.54) is 0 Å². The Bertz CT molecular complexity index is 1130. The van der Waals surface area contributed by atoms with Gasteiger partial charge in [-0.2, -0.15) is 0 Å². The molecule has 7 nitrogen and oxygen atoms in total. The third-order valence-electron chi connectivity index (χ3n) is 6.49. The van der Waals surface area contributed by atoms with Crippen LogP contribution in [0.4, 0.5) is 0 Å². The summed E-state index contributed by atoms with van der Waals surface area (Å²) in [6, 6.07) is 13.6. The van der Waals surface area contributed by atoms with Gasteiger partial charge in [0.15, 0.2) is 0 Å². The van der Waals surface area contributed by atoms with Crippen molar-refractivity contribution < 1.29 is 19.1 Å². The van der Waals surface area contributed by atoms with Crippen LogP contribution in [-0.2, 0) is 16.1 Å². The van der Waals surface area contributed by atoms with Crippen LogP contribution < -0.4 is 15.4 Å². The SMILES string of the molecule is COc1cccc(CNC(=O)[C@@H](CC(C)C)NC(=O)[C@@H]2N3C(=O)c4ccccc4C3SC2(C)C)c1. The first kappa shape index (κ1) is 25.1. The number of hydrogen-bond donors (Lipinski definition) is 2. The Balaban J connectivity index is 1.50. The lowest BCUT2D eigenvalue weighted by Crippen LogP contribution is -2.57. The Kier molecular flexibility index (Phi) is 7.12. The zero-order valence-corrected chi connectivity index (χ0v) is 21.6. The quantitative estimate of drug-likeness (QED) is 0.580. The molecule has 1 unspecified atom stereocenters. The normalized spacial score (nSPS) is 20.9. The number of ether oxygens (including phenoxy) is 1. The van der Waals surface area contributed by atoms with E-state index in [2.05, 4.69) is 10.6 Å². The van der Waals surface area contributed by atoms with Crippen molar-refractivity contribution in [3.8, 4) is 5.75 Å². The van der Waals surface area contributed by atoms with Gasteiger partial charge in [-0.15, -0.1) is 11.8 Å². The predicted molar refractivity (Wildman–Crippen MR) is 137 cm³/mol. The van der Waals surface area contributed by atoms with Crippen molar-refractivity contribution in [2.24, 2.45) is 5.92 Å². The number of hydrogen-bond acceptors (Lipinski definition) is 5. The Labute approximate surface area is 211 Å². The maximum absolute atomic E-state index is 13.6. The van der Waals surface area contributed by atoms with Gasteiger partial charge in [-0.05, 0) is 55.5 Å². The molecule has 0 bridgehead atoms. The van der Waals surface area contributed by atoms with E-state index in [0.29, 0.717) is 18.5 Å². The van der Waals surface area contributed by atoms with Gasteiger partial charge in [0.05, 0.1) is 7.11 Å². The van der Waals surface area contributed by atoms with E-state index in [-0.39, 0.29) is 29.0 Å². The fraction of sp³-hybridized carbons (Fsp3) is 0.444. The molecule has 2 N–H and O–H groups in total. The van der Waals surface area contributed by atoms with Gasteiger partial charge in [-0.1, -0.05) is 44.2 Å². The third kappa shape index (κ3) is 5.03. The maximum Gasteiger partial charge on any atom is 0.256 e. The van der Waals surface area contributed by atoms with Crippen molar-refractivity contribution >= 4 is 29.5 Å². The molecule has 186 valence electrons. The van der Waals surface area contributed by atoms with E-state index in [9.17, 15) is 14.4 Å². The topological polar surface area (TPSA) is 87.7 Å². The van der Waals surface area contributed by atoms with Crippen LogP contribution in [0.25, 0.3) is 0 Å². The molecule has 2 heterocycles. The molecule has 0 aliphatic carbocycles. The molecule has 0 saturated carbocycles. The highest BCUT2D eigenvalue weighted by molar-refractivity contribution is 8.01. The molecule has 35 heavy (non-hydrogen) atoms. The summed E-state index contributed by atoms with van der Waals surface area (Å²) in [7, 11) is 1.60. The molecule has 2 aliphatic rings.